The smallest absolute Gasteiger partial charge is 0.332 e. The summed E-state index contributed by atoms with van der Waals surface area (Å²) in [4.78, 5) is 30.5. The van der Waals surface area contributed by atoms with Gasteiger partial charge < -0.3 is 9.67 Å². The van der Waals surface area contributed by atoms with E-state index in [1.807, 2.05) is 0 Å². The number of halogens is 2. The highest BCUT2D eigenvalue weighted by molar-refractivity contribution is 5.71. The van der Waals surface area contributed by atoms with Gasteiger partial charge in [0.15, 0.2) is 11.2 Å². The van der Waals surface area contributed by atoms with Crippen molar-refractivity contribution in [2.24, 2.45) is 7.05 Å². The van der Waals surface area contributed by atoms with Gasteiger partial charge in [0.1, 0.15) is 17.5 Å². The summed E-state index contributed by atoms with van der Waals surface area (Å²) in [6.45, 7) is 0.0807. The number of hydrogen-bond acceptors (Lipinski definition) is 4. The molecule has 166 valence electrons. The summed E-state index contributed by atoms with van der Waals surface area (Å²) in [5.41, 5.74) is 0.421. The minimum absolute atomic E-state index is 0.0579. The second kappa shape index (κ2) is 8.88. The van der Waals surface area contributed by atoms with Crippen LogP contribution >= 0.6 is 0 Å². The van der Waals surface area contributed by atoms with Gasteiger partial charge in [0.2, 0.25) is 0 Å². The van der Waals surface area contributed by atoms with Gasteiger partial charge >= 0.3 is 5.69 Å². The van der Waals surface area contributed by atoms with E-state index in [0.717, 1.165) is 10.1 Å². The molecule has 4 aromatic rings. The number of nitrogens with zero attached hydrogens (tertiary/aromatic N) is 4. The lowest BCUT2D eigenvalue weighted by atomic mass is 10.1. The zero-order chi connectivity index (χ0) is 22.8. The lowest BCUT2D eigenvalue weighted by Gasteiger charge is -2.11. The normalized spacial score (nSPS) is 11.4. The number of imidazole rings is 1. The lowest BCUT2D eigenvalue weighted by molar-refractivity contribution is 0.277. The zero-order valence-electron chi connectivity index (χ0n) is 17.5. The molecule has 0 atom stereocenters. The van der Waals surface area contributed by atoms with Gasteiger partial charge in [-0.1, -0.05) is 30.3 Å². The molecule has 1 N–H and O–H groups in total. The summed E-state index contributed by atoms with van der Waals surface area (Å²) < 4.78 is 31.7. The van der Waals surface area contributed by atoms with Crippen molar-refractivity contribution in [3.63, 3.8) is 0 Å². The largest absolute Gasteiger partial charge is 0.396 e. The third kappa shape index (κ3) is 3.99. The molecule has 0 aliphatic carbocycles. The number of fused-ring (bicyclic) bond motifs is 1. The van der Waals surface area contributed by atoms with Crippen LogP contribution in [0.1, 0.15) is 23.4 Å². The van der Waals surface area contributed by atoms with Crippen LogP contribution in [-0.2, 0) is 26.6 Å². The molecule has 0 saturated carbocycles. The molecule has 7 nitrogen and oxygen atoms in total. The maximum atomic E-state index is 14.3. The van der Waals surface area contributed by atoms with Crippen LogP contribution in [0.25, 0.3) is 11.2 Å². The van der Waals surface area contributed by atoms with Crippen molar-refractivity contribution in [3.8, 4) is 0 Å². The van der Waals surface area contributed by atoms with Crippen LogP contribution in [0, 0.1) is 11.6 Å². The minimum atomic E-state index is -0.542. The Labute approximate surface area is 181 Å². The van der Waals surface area contributed by atoms with E-state index in [1.54, 1.807) is 34.9 Å². The van der Waals surface area contributed by atoms with E-state index in [9.17, 15) is 18.4 Å². The Kier molecular flexibility index (Phi) is 6.00. The maximum Gasteiger partial charge on any atom is 0.332 e. The number of aryl methyl sites for hydroxylation is 1. The molecular formula is C23H22F2N4O3. The Morgan fingerprint density at radius 2 is 1.72 bits per heavy atom. The Balaban J connectivity index is 1.95. The Morgan fingerprint density at radius 3 is 2.41 bits per heavy atom. The van der Waals surface area contributed by atoms with Crippen LogP contribution in [0.3, 0.4) is 0 Å². The van der Waals surface area contributed by atoms with Crippen molar-refractivity contribution >= 4 is 11.2 Å². The molecule has 0 spiro atoms. The summed E-state index contributed by atoms with van der Waals surface area (Å²) in [5, 5.41) is 9.15. The molecule has 32 heavy (non-hydrogen) atoms. The standard InChI is InChI=1S/C23H22F2N4O3/c1-27-21-20(22(31)28(23(27)32)11-4-12-30)29(14-15-7-9-17(24)10-8-15)19(26-21)13-16-5-2-3-6-18(16)25/h2-3,5-10,30H,4,11-14H2,1H3. The molecule has 2 heterocycles. The SMILES string of the molecule is Cn1c(=O)n(CCCO)c(=O)c2c1nc(Cc1ccccc1F)n2Cc1ccc(F)cc1. The first-order chi connectivity index (χ1) is 15.4. The van der Waals surface area contributed by atoms with Gasteiger partial charge in [-0.05, 0) is 35.7 Å². The molecule has 0 radical (unpaired) electrons. The molecule has 0 amide bonds. The molecule has 0 bridgehead atoms. The van der Waals surface area contributed by atoms with Gasteiger partial charge in [-0.25, -0.2) is 18.6 Å². The summed E-state index contributed by atoms with van der Waals surface area (Å²) in [5.74, 6) is -0.381. The highest BCUT2D eigenvalue weighted by atomic mass is 19.1. The molecule has 0 fully saturated rings. The number of rotatable bonds is 7. The average molecular weight is 440 g/mol. The van der Waals surface area contributed by atoms with Gasteiger partial charge in [-0.2, -0.15) is 0 Å². The number of aliphatic hydroxyl groups is 1. The van der Waals surface area contributed by atoms with E-state index >= 15 is 0 Å². The zero-order valence-corrected chi connectivity index (χ0v) is 17.5. The first kappa shape index (κ1) is 21.6. The second-order valence-corrected chi connectivity index (χ2v) is 7.56. The summed E-state index contributed by atoms with van der Waals surface area (Å²) >= 11 is 0. The summed E-state index contributed by atoms with van der Waals surface area (Å²) in [7, 11) is 1.52. The van der Waals surface area contributed by atoms with Gasteiger partial charge in [0, 0.05) is 33.2 Å². The van der Waals surface area contributed by atoms with Crippen molar-refractivity contribution < 1.29 is 13.9 Å². The van der Waals surface area contributed by atoms with Crippen LogP contribution < -0.4 is 11.2 Å². The van der Waals surface area contributed by atoms with Crippen LogP contribution in [0.2, 0.25) is 0 Å². The Bertz CT molecular complexity index is 1390. The van der Waals surface area contributed by atoms with Crippen molar-refractivity contribution in [2.75, 3.05) is 6.61 Å². The topological polar surface area (TPSA) is 82.0 Å². The van der Waals surface area contributed by atoms with Crippen LogP contribution in [0.4, 0.5) is 8.78 Å². The summed E-state index contributed by atoms with van der Waals surface area (Å²) in [6.07, 6.45) is 0.349. The molecule has 2 aromatic heterocycles. The van der Waals surface area contributed by atoms with Crippen molar-refractivity contribution in [1.82, 2.24) is 18.7 Å². The Hall–Kier alpha value is -3.59. The van der Waals surface area contributed by atoms with Gasteiger partial charge in [0.25, 0.3) is 5.56 Å². The van der Waals surface area contributed by atoms with E-state index < -0.39 is 17.1 Å². The number of aliphatic hydroxyl groups excluding tert-OH is 1. The van der Waals surface area contributed by atoms with E-state index in [4.69, 9.17) is 5.11 Å². The first-order valence-corrected chi connectivity index (χ1v) is 10.2. The van der Waals surface area contributed by atoms with Crippen LogP contribution in [0.5, 0.6) is 0 Å². The fraction of sp³-hybridized carbons (Fsp3) is 0.261. The molecular weight excluding hydrogens is 418 g/mol. The maximum absolute atomic E-state index is 14.3. The predicted octanol–water partition coefficient (Wildman–Crippen LogP) is 2.20. The third-order valence-corrected chi connectivity index (χ3v) is 5.41. The van der Waals surface area contributed by atoms with Gasteiger partial charge in [-0.3, -0.25) is 13.9 Å². The third-order valence-electron chi connectivity index (χ3n) is 5.41. The quantitative estimate of drug-likeness (QED) is 0.478. The fourth-order valence-corrected chi connectivity index (χ4v) is 3.73. The Morgan fingerprint density at radius 1 is 1.00 bits per heavy atom. The highest BCUT2D eigenvalue weighted by Gasteiger charge is 2.21. The molecule has 2 aromatic carbocycles. The minimum Gasteiger partial charge on any atom is -0.396 e. The van der Waals surface area contributed by atoms with Crippen molar-refractivity contribution in [1.29, 1.82) is 0 Å². The lowest BCUT2D eigenvalue weighted by Crippen LogP contribution is -2.40. The molecule has 0 unspecified atom stereocenters. The molecule has 4 rings (SSSR count). The second-order valence-electron chi connectivity index (χ2n) is 7.56. The molecule has 0 aliphatic heterocycles. The summed E-state index contributed by atoms with van der Waals surface area (Å²) in [6, 6.07) is 12.1. The number of benzene rings is 2. The average Bonchev–Trinajstić information content (AvgIpc) is 3.13. The molecule has 0 saturated heterocycles. The van der Waals surface area contributed by atoms with Crippen LogP contribution in [-0.4, -0.2) is 30.4 Å². The number of hydrogen-bond donors (Lipinski definition) is 1. The van der Waals surface area contributed by atoms with Gasteiger partial charge in [0.05, 0.1) is 0 Å². The van der Waals surface area contributed by atoms with Gasteiger partial charge in [-0.15, -0.1) is 0 Å². The van der Waals surface area contributed by atoms with E-state index in [0.29, 0.717) is 11.4 Å². The van der Waals surface area contributed by atoms with E-state index in [1.165, 1.54) is 29.8 Å². The van der Waals surface area contributed by atoms with Crippen LogP contribution in [0.15, 0.2) is 58.1 Å². The first-order valence-electron chi connectivity index (χ1n) is 10.2. The molecule has 9 heteroatoms. The monoisotopic (exact) mass is 440 g/mol. The number of aromatic nitrogens is 4. The van der Waals surface area contributed by atoms with E-state index in [-0.39, 0.29) is 49.5 Å². The fourth-order valence-electron chi connectivity index (χ4n) is 3.73. The van der Waals surface area contributed by atoms with Crippen molar-refractivity contribution in [3.05, 3.63) is 98.0 Å². The van der Waals surface area contributed by atoms with Crippen molar-refractivity contribution in [2.45, 2.75) is 25.9 Å². The van der Waals surface area contributed by atoms with E-state index in [2.05, 4.69) is 4.98 Å². The highest BCUT2D eigenvalue weighted by Crippen LogP contribution is 2.19. The molecule has 0 aliphatic rings. The predicted molar refractivity (Wildman–Crippen MR) is 116 cm³/mol.